The van der Waals surface area contributed by atoms with E-state index in [-0.39, 0.29) is 5.84 Å². The topological polar surface area (TPSA) is 87.8 Å². The van der Waals surface area contributed by atoms with Crippen molar-refractivity contribution in [3.8, 4) is 11.8 Å². The molecule has 2 aromatic rings. The minimum Gasteiger partial charge on any atom is -0.426 e. The highest BCUT2D eigenvalue weighted by Gasteiger charge is 2.00. The molecule has 4 N–H and O–H groups in total. The van der Waals surface area contributed by atoms with E-state index in [2.05, 4.69) is 9.97 Å². The van der Waals surface area contributed by atoms with Gasteiger partial charge in [0.25, 0.3) is 6.01 Å². The second-order valence-electron chi connectivity index (χ2n) is 2.93. The Morgan fingerprint density at radius 3 is 2.60 bits per heavy atom. The molecule has 2 rings (SSSR count). The molecule has 1 aromatic heterocycles. The van der Waals surface area contributed by atoms with Gasteiger partial charge in [0.15, 0.2) is 0 Å². The molecule has 0 spiro atoms. The van der Waals surface area contributed by atoms with Crippen molar-refractivity contribution in [2.75, 3.05) is 0 Å². The molecule has 5 nitrogen and oxygen atoms in total. The van der Waals surface area contributed by atoms with Crippen molar-refractivity contribution >= 4 is 5.84 Å². The largest absolute Gasteiger partial charge is 0.426 e. The van der Waals surface area contributed by atoms with Gasteiger partial charge in [0, 0.05) is 18.0 Å². The van der Waals surface area contributed by atoms with Crippen LogP contribution in [0, 0.1) is 5.41 Å². The van der Waals surface area contributed by atoms with Crippen molar-refractivity contribution in [1.29, 1.82) is 5.41 Å². The highest BCUT2D eigenvalue weighted by molar-refractivity contribution is 5.94. The van der Waals surface area contributed by atoms with E-state index in [1.807, 2.05) is 0 Å². The predicted molar refractivity (Wildman–Crippen MR) is 56.1 cm³/mol. The van der Waals surface area contributed by atoms with Crippen LogP contribution in [0.4, 0.5) is 0 Å². The van der Waals surface area contributed by atoms with Gasteiger partial charge in [-0.2, -0.15) is 0 Å². The van der Waals surface area contributed by atoms with Crippen LogP contribution < -0.4 is 10.5 Å². The summed E-state index contributed by atoms with van der Waals surface area (Å²) in [5.41, 5.74) is 5.99. The lowest BCUT2D eigenvalue weighted by atomic mass is 10.2. The number of ether oxygens (including phenoxy) is 1. The lowest BCUT2D eigenvalue weighted by Gasteiger charge is -2.02. The molecule has 0 aliphatic rings. The third-order valence-electron chi connectivity index (χ3n) is 1.85. The highest BCUT2D eigenvalue weighted by Crippen LogP contribution is 2.17. The molecule has 0 atom stereocenters. The fraction of sp³-hybridized carbons (Fsp3) is 0. The second kappa shape index (κ2) is 3.83. The van der Waals surface area contributed by atoms with Gasteiger partial charge in [0.2, 0.25) is 0 Å². The summed E-state index contributed by atoms with van der Waals surface area (Å²) >= 11 is 0. The number of aromatic nitrogens is 2. The Hall–Kier alpha value is -2.30. The zero-order valence-electron chi connectivity index (χ0n) is 7.90. The Balaban J connectivity index is 2.14. The highest BCUT2D eigenvalue weighted by atomic mass is 16.5. The number of nitrogens with zero attached hydrogens (tertiary/aromatic N) is 1. The summed E-state index contributed by atoms with van der Waals surface area (Å²) in [7, 11) is 0. The normalized spacial score (nSPS) is 9.87. The van der Waals surface area contributed by atoms with Crippen LogP contribution in [0.5, 0.6) is 11.8 Å². The molecule has 0 bridgehead atoms. The lowest BCUT2D eigenvalue weighted by Crippen LogP contribution is -2.10. The van der Waals surface area contributed by atoms with E-state index in [4.69, 9.17) is 15.9 Å². The number of imidazole rings is 1. The smallest absolute Gasteiger partial charge is 0.299 e. The monoisotopic (exact) mass is 202 g/mol. The average Bonchev–Trinajstić information content (AvgIpc) is 2.71. The third kappa shape index (κ3) is 2.14. The summed E-state index contributed by atoms with van der Waals surface area (Å²) in [6, 6.07) is 7.35. The molecule has 0 aliphatic heterocycles. The van der Waals surface area contributed by atoms with Crippen LogP contribution in [0.1, 0.15) is 5.56 Å². The molecule has 0 fully saturated rings. The lowest BCUT2D eigenvalue weighted by molar-refractivity contribution is 0.447. The maximum Gasteiger partial charge on any atom is 0.299 e. The number of nitrogens with two attached hydrogens (primary N) is 1. The van der Waals surface area contributed by atoms with Crippen LogP contribution in [-0.4, -0.2) is 15.8 Å². The number of aromatic amines is 1. The predicted octanol–water partition coefficient (Wildman–Crippen LogP) is 1.49. The molecular formula is C10H10N4O. The first-order valence-electron chi connectivity index (χ1n) is 4.37. The Bertz CT molecular complexity index is 447. The van der Waals surface area contributed by atoms with Crippen LogP contribution in [0.3, 0.4) is 0 Å². The average molecular weight is 202 g/mol. The first-order chi connectivity index (χ1) is 7.25. The Labute approximate surface area is 86.4 Å². The number of hydrogen-bond donors (Lipinski definition) is 3. The quantitative estimate of drug-likeness (QED) is 0.520. The van der Waals surface area contributed by atoms with Gasteiger partial charge in [0.1, 0.15) is 11.6 Å². The van der Waals surface area contributed by atoms with Gasteiger partial charge in [-0.15, -0.1) is 0 Å². The van der Waals surface area contributed by atoms with E-state index in [0.29, 0.717) is 17.3 Å². The number of H-pyrrole nitrogens is 1. The van der Waals surface area contributed by atoms with Crippen LogP contribution in [0.25, 0.3) is 0 Å². The van der Waals surface area contributed by atoms with Gasteiger partial charge < -0.3 is 15.5 Å². The first-order valence-corrected chi connectivity index (χ1v) is 4.37. The molecule has 76 valence electrons. The van der Waals surface area contributed by atoms with Crippen LogP contribution >= 0.6 is 0 Å². The van der Waals surface area contributed by atoms with Crippen LogP contribution in [0.2, 0.25) is 0 Å². The van der Waals surface area contributed by atoms with Crippen molar-refractivity contribution < 1.29 is 4.74 Å². The summed E-state index contributed by atoms with van der Waals surface area (Å²) in [6.07, 6.45) is 3.29. The van der Waals surface area contributed by atoms with Crippen molar-refractivity contribution in [2.24, 2.45) is 5.73 Å². The third-order valence-corrected chi connectivity index (χ3v) is 1.85. The number of nitrogen functional groups attached to an aromatic ring is 1. The van der Waals surface area contributed by atoms with Gasteiger partial charge in [0.05, 0.1) is 0 Å². The fourth-order valence-electron chi connectivity index (χ4n) is 1.12. The summed E-state index contributed by atoms with van der Waals surface area (Å²) in [6.45, 7) is 0. The van der Waals surface area contributed by atoms with Crippen LogP contribution in [-0.2, 0) is 0 Å². The van der Waals surface area contributed by atoms with Crippen molar-refractivity contribution in [2.45, 2.75) is 0 Å². The number of benzene rings is 1. The summed E-state index contributed by atoms with van der Waals surface area (Å²) in [5, 5.41) is 7.22. The molecule has 0 unspecified atom stereocenters. The first kappa shape index (κ1) is 9.26. The van der Waals surface area contributed by atoms with Crippen LogP contribution in [0.15, 0.2) is 36.7 Å². The molecule has 1 heterocycles. The van der Waals surface area contributed by atoms with Gasteiger partial charge in [-0.3, -0.25) is 5.41 Å². The van der Waals surface area contributed by atoms with E-state index in [9.17, 15) is 0 Å². The fourth-order valence-corrected chi connectivity index (χ4v) is 1.12. The summed E-state index contributed by atoms with van der Waals surface area (Å²) in [5.74, 6) is 0.689. The SMILES string of the molecule is N=C(N)c1ccc(Oc2ncc[nH]2)cc1. The Kier molecular flexibility index (Phi) is 2.37. The van der Waals surface area contributed by atoms with Crippen molar-refractivity contribution in [1.82, 2.24) is 9.97 Å². The molecule has 0 radical (unpaired) electrons. The number of hydrogen-bond acceptors (Lipinski definition) is 3. The van der Waals surface area contributed by atoms with Gasteiger partial charge in [-0.05, 0) is 24.3 Å². The summed E-state index contributed by atoms with van der Waals surface area (Å²) in [4.78, 5) is 6.75. The van der Waals surface area contributed by atoms with Crippen molar-refractivity contribution in [3.05, 3.63) is 42.2 Å². The minimum atomic E-state index is 0.0412. The molecule has 0 saturated heterocycles. The van der Waals surface area contributed by atoms with Gasteiger partial charge in [-0.25, -0.2) is 4.98 Å². The molecule has 1 aromatic carbocycles. The zero-order valence-corrected chi connectivity index (χ0v) is 7.90. The van der Waals surface area contributed by atoms with Gasteiger partial charge >= 0.3 is 0 Å². The van der Waals surface area contributed by atoms with E-state index in [1.54, 1.807) is 36.7 Å². The van der Waals surface area contributed by atoms with E-state index in [1.165, 1.54) is 0 Å². The van der Waals surface area contributed by atoms with E-state index >= 15 is 0 Å². The Morgan fingerprint density at radius 2 is 2.07 bits per heavy atom. The Morgan fingerprint density at radius 1 is 1.33 bits per heavy atom. The zero-order chi connectivity index (χ0) is 10.7. The molecular weight excluding hydrogens is 192 g/mol. The van der Waals surface area contributed by atoms with Gasteiger partial charge in [-0.1, -0.05) is 0 Å². The van der Waals surface area contributed by atoms with E-state index in [0.717, 1.165) is 0 Å². The summed E-state index contributed by atoms with van der Waals surface area (Å²) < 4.78 is 5.38. The standard InChI is InChI=1S/C10H10N4O/c11-9(12)7-1-3-8(4-2-7)15-10-13-5-6-14-10/h1-6H,(H3,11,12)(H,13,14). The second-order valence-corrected chi connectivity index (χ2v) is 2.93. The molecule has 5 heteroatoms. The number of rotatable bonds is 3. The maximum absolute atomic E-state index is 7.22. The maximum atomic E-state index is 7.22. The molecule has 0 amide bonds. The van der Waals surface area contributed by atoms with E-state index < -0.39 is 0 Å². The minimum absolute atomic E-state index is 0.0412. The number of nitrogens with one attached hydrogen (secondary N) is 2. The number of amidine groups is 1. The molecule has 0 saturated carbocycles. The molecule has 0 aliphatic carbocycles. The molecule has 15 heavy (non-hydrogen) atoms. The van der Waals surface area contributed by atoms with Crippen molar-refractivity contribution in [3.63, 3.8) is 0 Å².